The molecular weight excluding hydrogens is 386 g/mol. The standard InChI is InChI=1S/C17H20ClN7OS/c1-12-9-13(2)24(21-12)8-4-7-19-16(26)11-27-17-20-22-23-25(17)15-6-3-5-14(18)10-15/h3,5-6,9-10H,4,7-8,11H2,1-2H3,(H,19,26). The van der Waals surface area contributed by atoms with Crippen molar-refractivity contribution in [3.05, 3.63) is 46.7 Å². The van der Waals surface area contributed by atoms with Crippen molar-refractivity contribution in [2.45, 2.75) is 32.0 Å². The second-order valence-corrected chi connectivity index (χ2v) is 7.37. The van der Waals surface area contributed by atoms with Crippen LogP contribution in [-0.2, 0) is 11.3 Å². The number of halogens is 1. The summed E-state index contributed by atoms with van der Waals surface area (Å²) >= 11 is 7.29. The lowest BCUT2D eigenvalue weighted by atomic mass is 10.3. The van der Waals surface area contributed by atoms with Gasteiger partial charge in [-0.2, -0.15) is 9.78 Å². The van der Waals surface area contributed by atoms with Crippen molar-refractivity contribution >= 4 is 29.3 Å². The summed E-state index contributed by atoms with van der Waals surface area (Å²) in [5.74, 6) is 0.176. The minimum Gasteiger partial charge on any atom is -0.355 e. The fourth-order valence-electron chi connectivity index (χ4n) is 2.58. The van der Waals surface area contributed by atoms with Gasteiger partial charge >= 0.3 is 0 Å². The van der Waals surface area contributed by atoms with Crippen molar-refractivity contribution in [3.63, 3.8) is 0 Å². The van der Waals surface area contributed by atoms with Crippen LogP contribution in [-0.4, -0.2) is 48.2 Å². The van der Waals surface area contributed by atoms with E-state index < -0.39 is 0 Å². The first-order chi connectivity index (χ1) is 13.0. The zero-order chi connectivity index (χ0) is 19.2. The summed E-state index contributed by atoms with van der Waals surface area (Å²) in [5.41, 5.74) is 2.88. The summed E-state index contributed by atoms with van der Waals surface area (Å²) in [6, 6.07) is 9.26. The maximum atomic E-state index is 12.1. The summed E-state index contributed by atoms with van der Waals surface area (Å²) in [6.07, 6.45) is 0.818. The van der Waals surface area contributed by atoms with Gasteiger partial charge in [-0.3, -0.25) is 9.48 Å². The van der Waals surface area contributed by atoms with Gasteiger partial charge in [-0.1, -0.05) is 29.4 Å². The van der Waals surface area contributed by atoms with Crippen molar-refractivity contribution in [3.8, 4) is 5.69 Å². The molecule has 0 spiro atoms. The largest absolute Gasteiger partial charge is 0.355 e. The molecule has 0 aliphatic carbocycles. The third-order valence-corrected chi connectivity index (χ3v) is 4.95. The van der Waals surface area contributed by atoms with E-state index in [4.69, 9.17) is 11.6 Å². The Hall–Kier alpha value is -2.39. The van der Waals surface area contributed by atoms with Crippen molar-refractivity contribution in [2.24, 2.45) is 0 Å². The zero-order valence-electron chi connectivity index (χ0n) is 15.1. The second kappa shape index (κ2) is 9.01. The van der Waals surface area contributed by atoms with Crippen LogP contribution in [0.5, 0.6) is 0 Å². The van der Waals surface area contributed by atoms with E-state index in [0.717, 1.165) is 30.0 Å². The molecule has 0 radical (unpaired) electrons. The van der Waals surface area contributed by atoms with Crippen LogP contribution in [0, 0.1) is 13.8 Å². The molecule has 0 unspecified atom stereocenters. The van der Waals surface area contributed by atoms with Gasteiger partial charge < -0.3 is 5.32 Å². The van der Waals surface area contributed by atoms with E-state index in [2.05, 4.69) is 25.9 Å². The Morgan fingerprint density at radius 1 is 1.30 bits per heavy atom. The molecule has 2 aromatic heterocycles. The first kappa shape index (κ1) is 19.4. The molecule has 0 aliphatic rings. The summed E-state index contributed by atoms with van der Waals surface area (Å²) in [5, 5.41) is 20.1. The van der Waals surface area contributed by atoms with Crippen LogP contribution in [0.1, 0.15) is 17.8 Å². The quantitative estimate of drug-likeness (QED) is 0.457. The van der Waals surface area contributed by atoms with Gasteiger partial charge in [0.05, 0.1) is 17.1 Å². The maximum absolute atomic E-state index is 12.1. The maximum Gasteiger partial charge on any atom is 0.230 e. The van der Waals surface area contributed by atoms with E-state index >= 15 is 0 Å². The average molecular weight is 406 g/mol. The molecule has 0 saturated carbocycles. The molecule has 3 aromatic rings. The molecular formula is C17H20ClN7OS. The molecule has 0 atom stereocenters. The van der Waals surface area contributed by atoms with E-state index in [1.54, 1.807) is 16.8 Å². The number of amides is 1. The van der Waals surface area contributed by atoms with Gasteiger partial charge in [-0.05, 0) is 55.0 Å². The number of aryl methyl sites for hydroxylation is 3. The Kier molecular flexibility index (Phi) is 6.46. The Morgan fingerprint density at radius 2 is 2.15 bits per heavy atom. The van der Waals surface area contributed by atoms with Gasteiger partial charge in [0, 0.05) is 23.8 Å². The number of hydrogen-bond acceptors (Lipinski definition) is 6. The lowest BCUT2D eigenvalue weighted by Gasteiger charge is -2.07. The molecule has 10 heteroatoms. The highest BCUT2D eigenvalue weighted by Crippen LogP contribution is 2.20. The van der Waals surface area contributed by atoms with E-state index in [1.807, 2.05) is 36.7 Å². The number of carbonyl (C=O) groups is 1. The van der Waals surface area contributed by atoms with Crippen LogP contribution in [0.2, 0.25) is 5.02 Å². The van der Waals surface area contributed by atoms with Gasteiger partial charge in [0.15, 0.2) is 0 Å². The van der Waals surface area contributed by atoms with Crippen molar-refractivity contribution in [1.82, 2.24) is 35.3 Å². The molecule has 27 heavy (non-hydrogen) atoms. The Bertz CT molecular complexity index is 924. The van der Waals surface area contributed by atoms with Crippen LogP contribution in [0.4, 0.5) is 0 Å². The van der Waals surface area contributed by atoms with Gasteiger partial charge in [-0.15, -0.1) is 5.10 Å². The van der Waals surface area contributed by atoms with Crippen LogP contribution in [0.25, 0.3) is 5.69 Å². The van der Waals surface area contributed by atoms with E-state index in [-0.39, 0.29) is 11.7 Å². The summed E-state index contributed by atoms with van der Waals surface area (Å²) in [4.78, 5) is 12.1. The summed E-state index contributed by atoms with van der Waals surface area (Å²) in [6.45, 7) is 5.37. The lowest BCUT2D eigenvalue weighted by molar-refractivity contribution is -0.118. The Morgan fingerprint density at radius 3 is 2.89 bits per heavy atom. The number of carbonyl (C=O) groups excluding carboxylic acids is 1. The number of nitrogens with one attached hydrogen (secondary N) is 1. The number of nitrogens with zero attached hydrogens (tertiary/aromatic N) is 6. The summed E-state index contributed by atoms with van der Waals surface area (Å²) in [7, 11) is 0. The van der Waals surface area contributed by atoms with E-state index in [0.29, 0.717) is 16.7 Å². The predicted molar refractivity (Wildman–Crippen MR) is 104 cm³/mol. The Balaban J connectivity index is 1.45. The zero-order valence-corrected chi connectivity index (χ0v) is 16.7. The molecule has 1 amide bonds. The first-order valence-corrected chi connectivity index (χ1v) is 9.84. The molecule has 0 fully saturated rings. The first-order valence-electron chi connectivity index (χ1n) is 8.48. The monoisotopic (exact) mass is 405 g/mol. The fraction of sp³-hybridized carbons (Fsp3) is 0.353. The van der Waals surface area contributed by atoms with Gasteiger partial charge in [0.2, 0.25) is 11.1 Å². The van der Waals surface area contributed by atoms with E-state index in [1.165, 1.54) is 11.8 Å². The normalized spacial score (nSPS) is 10.9. The van der Waals surface area contributed by atoms with Crippen molar-refractivity contribution in [1.29, 1.82) is 0 Å². The molecule has 8 nitrogen and oxygen atoms in total. The van der Waals surface area contributed by atoms with Crippen LogP contribution < -0.4 is 5.32 Å². The van der Waals surface area contributed by atoms with Gasteiger partial charge in [-0.25, -0.2) is 0 Å². The number of thioether (sulfide) groups is 1. The predicted octanol–water partition coefficient (Wildman–Crippen LogP) is 2.43. The van der Waals surface area contributed by atoms with Crippen molar-refractivity contribution < 1.29 is 4.79 Å². The number of benzene rings is 1. The molecule has 3 rings (SSSR count). The smallest absolute Gasteiger partial charge is 0.230 e. The molecule has 2 heterocycles. The Labute approximate surface area is 166 Å². The van der Waals surface area contributed by atoms with Gasteiger partial charge in [0.25, 0.3) is 0 Å². The van der Waals surface area contributed by atoms with Crippen LogP contribution in [0.3, 0.4) is 0 Å². The highest BCUT2D eigenvalue weighted by atomic mass is 35.5. The minimum atomic E-state index is -0.0611. The molecule has 1 N–H and O–H groups in total. The number of tetrazole rings is 1. The molecule has 0 bridgehead atoms. The minimum absolute atomic E-state index is 0.0611. The van der Waals surface area contributed by atoms with E-state index in [9.17, 15) is 4.79 Å². The molecule has 0 saturated heterocycles. The van der Waals surface area contributed by atoms with Gasteiger partial charge in [0.1, 0.15) is 0 Å². The van der Waals surface area contributed by atoms with Crippen molar-refractivity contribution in [2.75, 3.05) is 12.3 Å². The highest BCUT2D eigenvalue weighted by Gasteiger charge is 2.11. The second-order valence-electron chi connectivity index (χ2n) is 6.00. The third-order valence-electron chi connectivity index (χ3n) is 3.80. The summed E-state index contributed by atoms with van der Waals surface area (Å²) < 4.78 is 3.52. The molecule has 142 valence electrons. The number of rotatable bonds is 8. The lowest BCUT2D eigenvalue weighted by Crippen LogP contribution is -2.27. The molecule has 0 aliphatic heterocycles. The fourth-order valence-corrected chi connectivity index (χ4v) is 3.48. The number of aromatic nitrogens is 6. The highest BCUT2D eigenvalue weighted by molar-refractivity contribution is 7.99. The van der Waals surface area contributed by atoms with Crippen LogP contribution >= 0.6 is 23.4 Å². The SMILES string of the molecule is Cc1cc(C)n(CCCNC(=O)CSc2nnnn2-c2cccc(Cl)c2)n1. The molecule has 1 aromatic carbocycles. The van der Waals surface area contributed by atoms with Crippen LogP contribution in [0.15, 0.2) is 35.5 Å². The average Bonchev–Trinajstić information content (AvgIpc) is 3.23. The number of hydrogen-bond donors (Lipinski definition) is 1. The topological polar surface area (TPSA) is 90.5 Å². The third kappa shape index (κ3) is 5.30.